The average Bonchev–Trinajstić information content (AvgIpc) is 3.24. The average molecular weight is 530 g/mol. The Kier molecular flexibility index (Phi) is 7.28. The highest BCUT2D eigenvalue weighted by molar-refractivity contribution is 5.96. The van der Waals surface area contributed by atoms with Crippen LogP contribution in [0.4, 0.5) is 23.4 Å². The summed E-state index contributed by atoms with van der Waals surface area (Å²) in [5.74, 6) is -1.95. The van der Waals surface area contributed by atoms with E-state index in [2.05, 4.69) is 30.4 Å². The van der Waals surface area contributed by atoms with Gasteiger partial charge in [-0.1, -0.05) is 6.92 Å². The number of amides is 2. The van der Waals surface area contributed by atoms with Gasteiger partial charge in [-0.25, -0.2) is 13.9 Å². The summed E-state index contributed by atoms with van der Waals surface area (Å²) >= 11 is 0. The zero-order valence-electron chi connectivity index (χ0n) is 20.4. The molecule has 0 aliphatic carbocycles. The van der Waals surface area contributed by atoms with Crippen molar-refractivity contribution in [3.05, 3.63) is 71.4 Å². The maximum Gasteiger partial charge on any atom is 0.573 e. The molecule has 0 saturated heterocycles. The largest absolute Gasteiger partial charge is 0.573 e. The summed E-state index contributed by atoms with van der Waals surface area (Å²) in [7, 11) is 0. The van der Waals surface area contributed by atoms with Gasteiger partial charge in [0.05, 0.1) is 29.2 Å². The van der Waals surface area contributed by atoms with Gasteiger partial charge in [0.15, 0.2) is 11.5 Å². The van der Waals surface area contributed by atoms with E-state index in [4.69, 9.17) is 0 Å². The van der Waals surface area contributed by atoms with Crippen LogP contribution >= 0.6 is 0 Å². The Labute approximate surface area is 213 Å². The lowest BCUT2D eigenvalue weighted by Gasteiger charge is -2.18. The number of benzene rings is 1. The summed E-state index contributed by atoms with van der Waals surface area (Å²) in [6, 6.07) is 6.53. The summed E-state index contributed by atoms with van der Waals surface area (Å²) in [5.41, 5.74) is 1.94. The second-order valence-corrected chi connectivity index (χ2v) is 8.33. The van der Waals surface area contributed by atoms with E-state index < -0.39 is 29.9 Å². The lowest BCUT2D eigenvalue weighted by Crippen LogP contribution is -2.28. The molecular weight excluding hydrogens is 508 g/mol. The number of aromatic nitrogens is 4. The van der Waals surface area contributed by atoms with Crippen molar-refractivity contribution < 1.29 is 31.9 Å². The number of imidazole rings is 1. The molecule has 0 spiro atoms. The van der Waals surface area contributed by atoms with Gasteiger partial charge in [0.1, 0.15) is 11.6 Å². The molecule has 198 valence electrons. The number of anilines is 1. The van der Waals surface area contributed by atoms with E-state index in [-0.39, 0.29) is 17.0 Å². The van der Waals surface area contributed by atoms with Crippen molar-refractivity contribution in [1.29, 1.82) is 0 Å². The van der Waals surface area contributed by atoms with E-state index in [9.17, 15) is 27.2 Å². The number of ether oxygens (including phenoxy) is 1. The van der Waals surface area contributed by atoms with Crippen LogP contribution in [-0.2, 0) is 11.2 Å². The highest BCUT2D eigenvalue weighted by Crippen LogP contribution is 2.28. The Morgan fingerprint density at radius 2 is 1.92 bits per heavy atom. The molecule has 0 aliphatic rings. The van der Waals surface area contributed by atoms with Gasteiger partial charge in [-0.15, -0.1) is 13.2 Å². The van der Waals surface area contributed by atoms with Crippen LogP contribution in [0.2, 0.25) is 0 Å². The molecule has 0 saturated carbocycles. The first-order valence-corrected chi connectivity index (χ1v) is 11.4. The number of aryl methyl sites for hydroxylation is 1. The van der Waals surface area contributed by atoms with Crippen LogP contribution in [0.25, 0.3) is 16.9 Å². The minimum atomic E-state index is -4.94. The van der Waals surface area contributed by atoms with Crippen molar-refractivity contribution >= 4 is 23.3 Å². The molecule has 4 aromatic rings. The predicted molar refractivity (Wildman–Crippen MR) is 129 cm³/mol. The van der Waals surface area contributed by atoms with Gasteiger partial charge < -0.3 is 15.4 Å². The fraction of sp³-hybridized carbons (Fsp3) is 0.240. The van der Waals surface area contributed by atoms with Crippen LogP contribution < -0.4 is 15.4 Å². The lowest BCUT2D eigenvalue weighted by molar-refractivity contribution is -0.274. The van der Waals surface area contributed by atoms with E-state index in [0.29, 0.717) is 34.8 Å². The molecule has 0 radical (unpaired) electrons. The van der Waals surface area contributed by atoms with Crippen LogP contribution in [0.5, 0.6) is 5.75 Å². The Bertz CT molecular complexity index is 1520. The topological polar surface area (TPSA) is 111 Å². The molecule has 0 fully saturated rings. The SMILES string of the molecule is CCc1ncc(-c2ccc3nc(NC(C)=O)cn3n2)cc1C(=O)NC(C)c1cc(OC(F)(F)F)ccc1F. The number of hydrogen-bond acceptors (Lipinski definition) is 6. The molecule has 3 aromatic heterocycles. The zero-order valence-corrected chi connectivity index (χ0v) is 20.4. The quantitative estimate of drug-likeness (QED) is 0.331. The summed E-state index contributed by atoms with van der Waals surface area (Å²) in [4.78, 5) is 33.1. The molecule has 13 heteroatoms. The molecule has 4 rings (SSSR count). The third kappa shape index (κ3) is 6.05. The molecule has 1 aromatic carbocycles. The van der Waals surface area contributed by atoms with E-state index in [1.807, 2.05) is 0 Å². The Morgan fingerprint density at radius 3 is 2.61 bits per heavy atom. The first-order valence-electron chi connectivity index (χ1n) is 11.4. The van der Waals surface area contributed by atoms with E-state index >= 15 is 0 Å². The van der Waals surface area contributed by atoms with E-state index in [0.717, 1.165) is 18.2 Å². The third-order valence-electron chi connectivity index (χ3n) is 5.48. The number of carbonyl (C=O) groups is 2. The standard InChI is InChI=1S/C25H22F4N6O3/c1-4-20-18(24(37)31-13(2)17-10-16(5-6-19(17)26)38-25(27,28)29)9-15(11-30-20)21-7-8-23-33-22(32-14(3)36)12-35(23)34-21/h5-13H,4H2,1-3H3,(H,31,37)(H,32,36). The Morgan fingerprint density at radius 1 is 1.16 bits per heavy atom. The van der Waals surface area contributed by atoms with Crippen molar-refractivity contribution in [3.63, 3.8) is 0 Å². The van der Waals surface area contributed by atoms with Gasteiger partial charge in [0.2, 0.25) is 5.91 Å². The van der Waals surface area contributed by atoms with E-state index in [1.165, 1.54) is 24.6 Å². The van der Waals surface area contributed by atoms with Crippen molar-refractivity contribution in [3.8, 4) is 17.0 Å². The first-order chi connectivity index (χ1) is 17.9. The van der Waals surface area contributed by atoms with Crippen LogP contribution in [0.3, 0.4) is 0 Å². The van der Waals surface area contributed by atoms with Crippen LogP contribution in [0.15, 0.2) is 48.8 Å². The molecule has 1 unspecified atom stereocenters. The van der Waals surface area contributed by atoms with Gasteiger partial charge >= 0.3 is 6.36 Å². The second-order valence-electron chi connectivity index (χ2n) is 8.33. The zero-order chi connectivity index (χ0) is 27.6. The van der Waals surface area contributed by atoms with Gasteiger partial charge in [0.25, 0.3) is 5.91 Å². The number of fused-ring (bicyclic) bond motifs is 1. The van der Waals surface area contributed by atoms with Crippen LogP contribution in [0, 0.1) is 5.82 Å². The molecule has 9 nitrogen and oxygen atoms in total. The fourth-order valence-corrected chi connectivity index (χ4v) is 3.79. The number of halogens is 4. The molecule has 1 atom stereocenters. The molecule has 2 N–H and O–H groups in total. The number of alkyl halides is 3. The fourth-order valence-electron chi connectivity index (χ4n) is 3.79. The number of carbonyl (C=O) groups excluding carboxylic acids is 2. The van der Waals surface area contributed by atoms with Gasteiger partial charge in [-0.2, -0.15) is 5.10 Å². The van der Waals surface area contributed by atoms with Gasteiger partial charge in [-0.05, 0) is 49.7 Å². The van der Waals surface area contributed by atoms with Crippen LogP contribution in [-0.4, -0.2) is 37.8 Å². The molecule has 38 heavy (non-hydrogen) atoms. The number of pyridine rings is 1. The molecule has 0 bridgehead atoms. The van der Waals surface area contributed by atoms with Gasteiger partial charge in [0, 0.05) is 24.2 Å². The highest BCUT2D eigenvalue weighted by Gasteiger charge is 2.31. The minimum Gasteiger partial charge on any atom is -0.406 e. The number of rotatable bonds is 7. The van der Waals surface area contributed by atoms with E-state index in [1.54, 1.807) is 31.3 Å². The lowest BCUT2D eigenvalue weighted by atomic mass is 10.0. The number of nitrogens with zero attached hydrogens (tertiary/aromatic N) is 4. The molecule has 0 aliphatic heterocycles. The maximum absolute atomic E-state index is 14.4. The number of nitrogens with one attached hydrogen (secondary N) is 2. The first kappa shape index (κ1) is 26.5. The van der Waals surface area contributed by atoms with Crippen molar-refractivity contribution in [2.45, 2.75) is 39.6 Å². The monoisotopic (exact) mass is 530 g/mol. The van der Waals surface area contributed by atoms with Gasteiger partial charge in [-0.3, -0.25) is 14.6 Å². The highest BCUT2D eigenvalue weighted by atomic mass is 19.4. The molecular formula is C25H22F4N6O3. The Hall–Kier alpha value is -4.55. The summed E-state index contributed by atoms with van der Waals surface area (Å²) in [6.45, 7) is 4.61. The molecule has 2 amide bonds. The Balaban J connectivity index is 1.61. The summed E-state index contributed by atoms with van der Waals surface area (Å²) < 4.78 is 57.5. The normalized spacial score (nSPS) is 12.3. The van der Waals surface area contributed by atoms with Crippen molar-refractivity contribution in [1.82, 2.24) is 24.9 Å². The third-order valence-corrected chi connectivity index (χ3v) is 5.48. The summed E-state index contributed by atoms with van der Waals surface area (Å²) in [6.07, 6.45) is -1.44. The second kappa shape index (κ2) is 10.4. The van der Waals surface area contributed by atoms with Crippen molar-refractivity contribution in [2.24, 2.45) is 0 Å². The smallest absolute Gasteiger partial charge is 0.406 e. The summed E-state index contributed by atoms with van der Waals surface area (Å²) in [5, 5.41) is 9.66. The van der Waals surface area contributed by atoms with Crippen LogP contribution in [0.1, 0.15) is 48.4 Å². The predicted octanol–water partition coefficient (Wildman–Crippen LogP) is 4.84. The minimum absolute atomic E-state index is 0.176. The maximum atomic E-state index is 14.4. The van der Waals surface area contributed by atoms with Crippen molar-refractivity contribution in [2.75, 3.05) is 5.32 Å². The number of hydrogen-bond donors (Lipinski definition) is 2. The molecule has 3 heterocycles.